The summed E-state index contributed by atoms with van der Waals surface area (Å²) in [6, 6.07) is 7.38. The molecular formula is C24H31N5O3. The number of aromatic hydroxyl groups is 1. The highest BCUT2D eigenvalue weighted by molar-refractivity contribution is 5.97. The molecule has 0 aliphatic rings. The maximum Gasteiger partial charge on any atom is 0.174 e. The standard InChI is InChI=1S/C24H31N5O3/c1-3-8-21-22(12-11-20(18(2)30)24(21)31)32-16-6-4-5-10-23-26-28-29(27-23)15-13-19-9-7-14-25-17-19/h7,9,11-12,14,17,31H,3-6,8,10,13,15-16H2,1-2H3. The number of benzene rings is 1. The molecule has 0 radical (unpaired) electrons. The van der Waals surface area contributed by atoms with Gasteiger partial charge in [-0.25, -0.2) is 0 Å². The first kappa shape index (κ1) is 23.4. The van der Waals surface area contributed by atoms with Gasteiger partial charge in [-0.05, 0) is 68.0 Å². The Kier molecular flexibility index (Phi) is 8.71. The second-order valence-corrected chi connectivity index (χ2v) is 7.82. The Morgan fingerprint density at radius 1 is 1.12 bits per heavy atom. The number of aromatic nitrogens is 5. The van der Waals surface area contributed by atoms with Crippen molar-refractivity contribution in [1.82, 2.24) is 25.2 Å². The summed E-state index contributed by atoms with van der Waals surface area (Å²) in [4.78, 5) is 17.4. The first-order valence-electron chi connectivity index (χ1n) is 11.2. The van der Waals surface area contributed by atoms with Crippen molar-refractivity contribution in [3.8, 4) is 11.5 Å². The number of Topliss-reactive ketones (excluding diaryl/α,β-unsaturated/α-hetero) is 1. The first-order valence-corrected chi connectivity index (χ1v) is 11.2. The smallest absolute Gasteiger partial charge is 0.174 e. The van der Waals surface area contributed by atoms with Gasteiger partial charge >= 0.3 is 0 Å². The average molecular weight is 438 g/mol. The van der Waals surface area contributed by atoms with E-state index in [9.17, 15) is 9.90 Å². The monoisotopic (exact) mass is 437 g/mol. The second kappa shape index (κ2) is 11.9. The van der Waals surface area contributed by atoms with Crippen LogP contribution in [-0.4, -0.2) is 42.7 Å². The number of ether oxygens (including phenoxy) is 1. The third-order valence-corrected chi connectivity index (χ3v) is 5.24. The third-order valence-electron chi connectivity index (χ3n) is 5.24. The zero-order valence-corrected chi connectivity index (χ0v) is 18.8. The van der Waals surface area contributed by atoms with Gasteiger partial charge in [-0.15, -0.1) is 10.2 Å². The van der Waals surface area contributed by atoms with Crippen molar-refractivity contribution in [3.63, 3.8) is 0 Å². The molecule has 0 amide bonds. The Labute approximate surface area is 188 Å². The van der Waals surface area contributed by atoms with Crippen molar-refractivity contribution in [3.05, 3.63) is 59.2 Å². The van der Waals surface area contributed by atoms with Crippen LogP contribution in [-0.2, 0) is 25.8 Å². The number of nitrogens with zero attached hydrogens (tertiary/aromatic N) is 5. The summed E-state index contributed by atoms with van der Waals surface area (Å²) in [5, 5.41) is 23.1. The molecule has 32 heavy (non-hydrogen) atoms. The summed E-state index contributed by atoms with van der Waals surface area (Å²) >= 11 is 0. The van der Waals surface area contributed by atoms with Crippen molar-refractivity contribution < 1.29 is 14.6 Å². The largest absolute Gasteiger partial charge is 0.507 e. The van der Waals surface area contributed by atoms with Gasteiger partial charge in [0.1, 0.15) is 11.5 Å². The molecule has 8 nitrogen and oxygen atoms in total. The van der Waals surface area contributed by atoms with Gasteiger partial charge in [-0.2, -0.15) is 4.80 Å². The van der Waals surface area contributed by atoms with Gasteiger partial charge in [0.05, 0.1) is 18.7 Å². The van der Waals surface area contributed by atoms with Gasteiger partial charge in [0, 0.05) is 24.4 Å². The number of pyridine rings is 1. The number of carbonyl (C=O) groups is 1. The highest BCUT2D eigenvalue weighted by Gasteiger charge is 2.15. The summed E-state index contributed by atoms with van der Waals surface area (Å²) in [5.41, 5.74) is 2.21. The van der Waals surface area contributed by atoms with Gasteiger partial charge in [0.15, 0.2) is 11.6 Å². The molecule has 0 fully saturated rings. The van der Waals surface area contributed by atoms with Crippen LogP contribution in [0.3, 0.4) is 0 Å². The fraction of sp³-hybridized carbons (Fsp3) is 0.458. The third kappa shape index (κ3) is 6.60. The van der Waals surface area contributed by atoms with E-state index in [1.165, 1.54) is 6.92 Å². The zero-order chi connectivity index (χ0) is 22.8. The maximum absolute atomic E-state index is 11.7. The van der Waals surface area contributed by atoms with Crippen LogP contribution in [0.1, 0.15) is 66.8 Å². The molecule has 3 rings (SSSR count). The second-order valence-electron chi connectivity index (χ2n) is 7.82. The maximum atomic E-state index is 11.7. The van der Waals surface area contributed by atoms with Crippen LogP contribution in [0.4, 0.5) is 0 Å². The molecule has 0 bridgehead atoms. The number of hydrogen-bond acceptors (Lipinski definition) is 7. The van der Waals surface area contributed by atoms with Crippen LogP contribution < -0.4 is 4.74 Å². The Balaban J connectivity index is 1.39. The number of phenolic OH excluding ortho intramolecular Hbond substituents is 1. The average Bonchev–Trinajstić information content (AvgIpc) is 3.25. The van der Waals surface area contributed by atoms with E-state index < -0.39 is 0 Å². The number of unbranched alkanes of at least 4 members (excludes halogenated alkanes) is 2. The first-order chi connectivity index (χ1) is 15.6. The van der Waals surface area contributed by atoms with Crippen molar-refractivity contribution in [1.29, 1.82) is 0 Å². The molecule has 0 aliphatic heterocycles. The molecule has 1 aromatic carbocycles. The van der Waals surface area contributed by atoms with Crippen LogP contribution in [0, 0.1) is 0 Å². The number of carbonyl (C=O) groups excluding carboxylic acids is 1. The van der Waals surface area contributed by atoms with E-state index in [0.29, 0.717) is 36.4 Å². The predicted molar refractivity (Wildman–Crippen MR) is 121 cm³/mol. The number of tetrazole rings is 1. The molecule has 170 valence electrons. The van der Waals surface area contributed by atoms with Crippen molar-refractivity contribution in [2.75, 3.05) is 6.61 Å². The number of phenols is 1. The molecule has 0 saturated carbocycles. The summed E-state index contributed by atoms with van der Waals surface area (Å²) < 4.78 is 5.91. The van der Waals surface area contributed by atoms with E-state index in [-0.39, 0.29) is 11.5 Å². The van der Waals surface area contributed by atoms with E-state index in [4.69, 9.17) is 4.74 Å². The molecular weight excluding hydrogens is 406 g/mol. The van der Waals surface area contributed by atoms with Gasteiger partial charge < -0.3 is 9.84 Å². The molecule has 0 atom stereocenters. The minimum absolute atomic E-state index is 0.0505. The van der Waals surface area contributed by atoms with Crippen LogP contribution in [0.2, 0.25) is 0 Å². The van der Waals surface area contributed by atoms with Gasteiger partial charge in [0.2, 0.25) is 0 Å². The number of rotatable bonds is 13. The van der Waals surface area contributed by atoms with Crippen molar-refractivity contribution >= 4 is 5.78 Å². The molecule has 3 aromatic rings. The minimum atomic E-state index is -0.144. The summed E-state index contributed by atoms with van der Waals surface area (Å²) in [5.74, 6) is 1.32. The van der Waals surface area contributed by atoms with Gasteiger partial charge in [-0.1, -0.05) is 19.4 Å². The van der Waals surface area contributed by atoms with E-state index >= 15 is 0 Å². The Hall–Kier alpha value is -3.29. The lowest BCUT2D eigenvalue weighted by Crippen LogP contribution is -2.06. The highest BCUT2D eigenvalue weighted by Crippen LogP contribution is 2.33. The number of hydrogen-bond donors (Lipinski definition) is 1. The van der Waals surface area contributed by atoms with E-state index in [2.05, 4.69) is 20.4 Å². The molecule has 0 saturated heterocycles. The summed E-state index contributed by atoms with van der Waals surface area (Å²) in [7, 11) is 0. The predicted octanol–water partition coefficient (Wildman–Crippen LogP) is 3.96. The minimum Gasteiger partial charge on any atom is -0.507 e. The Bertz CT molecular complexity index is 1000. The number of ketones is 1. The van der Waals surface area contributed by atoms with E-state index in [1.807, 2.05) is 25.3 Å². The van der Waals surface area contributed by atoms with Gasteiger partial charge in [0.25, 0.3) is 0 Å². The molecule has 1 N–H and O–H groups in total. The van der Waals surface area contributed by atoms with Crippen molar-refractivity contribution in [2.45, 2.75) is 65.3 Å². The Morgan fingerprint density at radius 2 is 2.00 bits per heavy atom. The lowest BCUT2D eigenvalue weighted by Gasteiger charge is -2.14. The SMILES string of the molecule is CCCc1c(OCCCCCc2nnn(CCc3cccnc3)n2)ccc(C(C)=O)c1O. The lowest BCUT2D eigenvalue weighted by molar-refractivity contribution is 0.101. The van der Waals surface area contributed by atoms with Crippen LogP contribution in [0.5, 0.6) is 11.5 Å². The summed E-state index contributed by atoms with van der Waals surface area (Å²) in [6.07, 6.45) is 9.56. The fourth-order valence-corrected chi connectivity index (χ4v) is 3.52. The molecule has 8 heteroatoms. The molecule has 2 heterocycles. The number of aryl methyl sites for hydroxylation is 3. The zero-order valence-electron chi connectivity index (χ0n) is 18.8. The summed E-state index contributed by atoms with van der Waals surface area (Å²) in [6.45, 7) is 4.73. The molecule has 2 aromatic heterocycles. The topological polar surface area (TPSA) is 103 Å². The lowest BCUT2D eigenvalue weighted by atomic mass is 10.0. The van der Waals surface area contributed by atoms with Crippen LogP contribution >= 0.6 is 0 Å². The van der Waals surface area contributed by atoms with Crippen LogP contribution in [0.15, 0.2) is 36.7 Å². The molecule has 0 spiro atoms. The normalized spacial score (nSPS) is 10.9. The Morgan fingerprint density at radius 3 is 2.75 bits per heavy atom. The fourth-order valence-electron chi connectivity index (χ4n) is 3.52. The highest BCUT2D eigenvalue weighted by atomic mass is 16.5. The van der Waals surface area contributed by atoms with Crippen molar-refractivity contribution in [2.24, 2.45) is 0 Å². The quantitative estimate of drug-likeness (QED) is 0.319. The van der Waals surface area contributed by atoms with Gasteiger partial charge in [-0.3, -0.25) is 9.78 Å². The van der Waals surface area contributed by atoms with E-state index in [1.54, 1.807) is 23.1 Å². The molecule has 0 aliphatic carbocycles. The van der Waals surface area contributed by atoms with E-state index in [0.717, 1.165) is 49.9 Å². The van der Waals surface area contributed by atoms with Crippen LogP contribution in [0.25, 0.3) is 0 Å². The molecule has 0 unspecified atom stereocenters.